The topological polar surface area (TPSA) is 62.6 Å². The van der Waals surface area contributed by atoms with Gasteiger partial charge in [0.05, 0.1) is 19.8 Å². The molecule has 1 aliphatic heterocycles. The van der Waals surface area contributed by atoms with Gasteiger partial charge in [-0.3, -0.25) is 5.41 Å². The fourth-order valence-electron chi connectivity index (χ4n) is 2.21. The van der Waals surface area contributed by atoms with Crippen LogP contribution >= 0.6 is 0 Å². The Morgan fingerprint density at radius 3 is 2.45 bits per heavy atom. The molecule has 0 fully saturated rings. The summed E-state index contributed by atoms with van der Waals surface area (Å²) in [6, 6.07) is 3.15. The minimum absolute atomic E-state index is 0.0106. The van der Waals surface area contributed by atoms with Crippen LogP contribution in [0.25, 0.3) is 0 Å². The second kappa shape index (κ2) is 5.90. The minimum Gasteiger partial charge on any atom is -0.490 e. The lowest BCUT2D eigenvalue weighted by atomic mass is 10.1. The van der Waals surface area contributed by atoms with Gasteiger partial charge in [-0.25, -0.2) is 4.39 Å². The first kappa shape index (κ1) is 14.3. The maximum absolute atomic E-state index is 14.3. The molecule has 108 valence electrons. The molecule has 1 N–H and O–H groups in total. The number of carbonyl (C=O) groups excluding carboxylic acids is 1. The number of nitrogens with one attached hydrogen (secondary N) is 1. The summed E-state index contributed by atoms with van der Waals surface area (Å²) in [6.45, 7) is 4.40. The van der Waals surface area contributed by atoms with Crippen LogP contribution in [0, 0.1) is 5.41 Å². The zero-order valence-corrected chi connectivity index (χ0v) is 11.5. The monoisotopic (exact) mass is 280 g/mol. The van der Waals surface area contributed by atoms with Crippen molar-refractivity contribution in [1.82, 2.24) is 4.90 Å². The number of amidine groups is 1. The highest BCUT2D eigenvalue weighted by molar-refractivity contribution is 6.02. The second-order valence-electron chi connectivity index (χ2n) is 4.26. The summed E-state index contributed by atoms with van der Waals surface area (Å²) >= 11 is 0. The molecule has 0 aromatic heterocycles. The molecule has 6 heteroatoms. The van der Waals surface area contributed by atoms with Gasteiger partial charge in [0, 0.05) is 11.1 Å². The van der Waals surface area contributed by atoms with Gasteiger partial charge in [0.15, 0.2) is 11.5 Å². The van der Waals surface area contributed by atoms with E-state index < -0.39 is 6.30 Å². The van der Waals surface area contributed by atoms with Crippen molar-refractivity contribution in [2.45, 2.75) is 20.1 Å². The van der Waals surface area contributed by atoms with Crippen LogP contribution in [0.3, 0.4) is 0 Å². The van der Waals surface area contributed by atoms with Crippen LogP contribution in [-0.2, 0) is 4.79 Å². The summed E-state index contributed by atoms with van der Waals surface area (Å²) < 4.78 is 25.2. The molecule has 5 nitrogen and oxygen atoms in total. The third-order valence-corrected chi connectivity index (χ3v) is 3.06. The molecule has 1 aromatic carbocycles. The second-order valence-corrected chi connectivity index (χ2v) is 4.26. The van der Waals surface area contributed by atoms with Crippen molar-refractivity contribution in [2.75, 3.05) is 19.8 Å². The van der Waals surface area contributed by atoms with Gasteiger partial charge in [-0.2, -0.15) is 0 Å². The lowest BCUT2D eigenvalue weighted by Gasteiger charge is -2.17. The molecule has 1 aliphatic rings. The van der Waals surface area contributed by atoms with Crippen molar-refractivity contribution in [3.63, 3.8) is 0 Å². The highest BCUT2D eigenvalue weighted by Gasteiger charge is 2.35. The third-order valence-electron chi connectivity index (χ3n) is 3.06. The number of aldehydes is 1. The fourth-order valence-corrected chi connectivity index (χ4v) is 2.21. The number of carbonyl (C=O) groups is 1. The largest absolute Gasteiger partial charge is 0.490 e. The Morgan fingerprint density at radius 2 is 1.90 bits per heavy atom. The van der Waals surface area contributed by atoms with Crippen LogP contribution in [0.2, 0.25) is 0 Å². The van der Waals surface area contributed by atoms with Crippen molar-refractivity contribution in [1.29, 1.82) is 5.41 Å². The molecule has 1 aromatic rings. The van der Waals surface area contributed by atoms with E-state index in [2.05, 4.69) is 0 Å². The molecule has 0 amide bonds. The van der Waals surface area contributed by atoms with E-state index >= 15 is 0 Å². The quantitative estimate of drug-likeness (QED) is 0.641. The smallest absolute Gasteiger partial charge is 0.200 e. The molecule has 0 radical (unpaired) electrons. The van der Waals surface area contributed by atoms with Gasteiger partial charge in [-0.05, 0) is 26.0 Å². The highest BCUT2D eigenvalue weighted by Crippen LogP contribution is 2.41. The first-order valence-corrected chi connectivity index (χ1v) is 6.50. The summed E-state index contributed by atoms with van der Waals surface area (Å²) in [5.41, 5.74) is 0.773. The first-order valence-electron chi connectivity index (χ1n) is 6.50. The summed E-state index contributed by atoms with van der Waals surface area (Å²) in [6.07, 6.45) is -0.919. The molecular weight excluding hydrogens is 263 g/mol. The number of ether oxygens (including phenoxy) is 2. The van der Waals surface area contributed by atoms with Crippen molar-refractivity contribution in [3.8, 4) is 11.5 Å². The Bertz CT molecular complexity index is 533. The lowest BCUT2D eigenvalue weighted by molar-refractivity contribution is -0.109. The summed E-state index contributed by atoms with van der Waals surface area (Å²) in [5, 5.41) is 7.95. The molecular formula is C14H17FN2O3. The van der Waals surface area contributed by atoms with Gasteiger partial charge in [0.2, 0.25) is 6.30 Å². The average molecular weight is 280 g/mol. The number of hydrogen-bond acceptors (Lipinski definition) is 4. The maximum Gasteiger partial charge on any atom is 0.200 e. The van der Waals surface area contributed by atoms with Crippen LogP contribution in [0.1, 0.15) is 31.3 Å². The number of benzene rings is 1. The van der Waals surface area contributed by atoms with Crippen molar-refractivity contribution in [2.24, 2.45) is 0 Å². The maximum atomic E-state index is 14.3. The van der Waals surface area contributed by atoms with Gasteiger partial charge in [-0.1, -0.05) is 0 Å². The predicted octanol–water partition coefficient (Wildman–Crippen LogP) is 2.29. The van der Waals surface area contributed by atoms with Crippen molar-refractivity contribution in [3.05, 3.63) is 23.3 Å². The van der Waals surface area contributed by atoms with E-state index in [1.165, 1.54) is 0 Å². The van der Waals surface area contributed by atoms with E-state index in [1.807, 2.05) is 13.8 Å². The Kier molecular flexibility index (Phi) is 4.22. The molecule has 0 aliphatic carbocycles. The number of halogens is 1. The van der Waals surface area contributed by atoms with E-state index in [0.29, 0.717) is 42.1 Å². The number of hydrogen-bond donors (Lipinski definition) is 1. The Morgan fingerprint density at radius 1 is 1.30 bits per heavy atom. The van der Waals surface area contributed by atoms with Crippen LogP contribution in [-0.4, -0.2) is 36.8 Å². The molecule has 20 heavy (non-hydrogen) atoms. The molecule has 1 heterocycles. The van der Waals surface area contributed by atoms with Gasteiger partial charge in [-0.15, -0.1) is 0 Å². The number of alkyl halides is 1. The van der Waals surface area contributed by atoms with Crippen LogP contribution < -0.4 is 9.47 Å². The SMILES string of the molecule is CCOc1cc2c(cc1OCC)C(F)N(CC=O)C2=N. The first-order chi connectivity index (χ1) is 9.63. The van der Waals surface area contributed by atoms with E-state index in [1.54, 1.807) is 12.1 Å². The molecule has 0 saturated heterocycles. The van der Waals surface area contributed by atoms with Crippen LogP contribution in [0.4, 0.5) is 4.39 Å². The van der Waals surface area contributed by atoms with E-state index in [0.717, 1.165) is 4.90 Å². The summed E-state index contributed by atoms with van der Waals surface area (Å²) in [4.78, 5) is 11.7. The Labute approximate surface area is 116 Å². The molecule has 0 saturated carbocycles. The normalized spacial score (nSPS) is 17.1. The van der Waals surface area contributed by atoms with Crippen molar-refractivity contribution >= 4 is 12.1 Å². The number of fused-ring (bicyclic) bond motifs is 1. The highest BCUT2D eigenvalue weighted by atomic mass is 19.1. The zero-order chi connectivity index (χ0) is 14.7. The fraction of sp³-hybridized carbons (Fsp3) is 0.429. The van der Waals surface area contributed by atoms with Crippen LogP contribution in [0.15, 0.2) is 12.1 Å². The van der Waals surface area contributed by atoms with Gasteiger partial charge >= 0.3 is 0 Å². The van der Waals surface area contributed by atoms with Crippen molar-refractivity contribution < 1.29 is 18.7 Å². The van der Waals surface area contributed by atoms with Gasteiger partial charge in [0.1, 0.15) is 12.1 Å². The standard InChI is InChI=1S/C14H17FN2O3/c1-3-19-11-7-9-10(8-12(11)20-4-2)14(16)17(5-6-18)13(9)15/h6-8,13,16H,3-5H2,1-2H3. The number of nitrogens with zero attached hydrogens (tertiary/aromatic N) is 1. The predicted molar refractivity (Wildman–Crippen MR) is 72.2 cm³/mol. The van der Waals surface area contributed by atoms with Gasteiger partial charge in [0.25, 0.3) is 0 Å². The minimum atomic E-state index is -1.50. The molecule has 2 rings (SSSR count). The molecule has 1 unspecified atom stereocenters. The summed E-state index contributed by atoms with van der Waals surface area (Å²) in [7, 11) is 0. The molecule has 1 atom stereocenters. The van der Waals surface area contributed by atoms with E-state index in [-0.39, 0.29) is 12.4 Å². The lowest BCUT2D eigenvalue weighted by Crippen LogP contribution is -2.27. The third kappa shape index (κ3) is 2.33. The van der Waals surface area contributed by atoms with E-state index in [4.69, 9.17) is 14.9 Å². The average Bonchev–Trinajstić information content (AvgIpc) is 2.65. The number of rotatable bonds is 6. The molecule has 0 bridgehead atoms. The Hall–Kier alpha value is -2.11. The molecule has 0 spiro atoms. The van der Waals surface area contributed by atoms with E-state index in [9.17, 15) is 9.18 Å². The summed E-state index contributed by atoms with van der Waals surface area (Å²) in [5.74, 6) is 0.929. The van der Waals surface area contributed by atoms with Gasteiger partial charge < -0.3 is 19.2 Å². The zero-order valence-electron chi connectivity index (χ0n) is 11.5. The van der Waals surface area contributed by atoms with Crippen LogP contribution in [0.5, 0.6) is 11.5 Å². The Balaban J connectivity index is 2.45.